The lowest BCUT2D eigenvalue weighted by Crippen LogP contribution is -2.46. The van der Waals surface area contributed by atoms with Crippen molar-refractivity contribution in [3.63, 3.8) is 0 Å². The zero-order valence-electron chi connectivity index (χ0n) is 16.0. The van der Waals surface area contributed by atoms with Gasteiger partial charge >= 0.3 is 6.09 Å². The van der Waals surface area contributed by atoms with E-state index in [0.717, 1.165) is 25.8 Å². The van der Waals surface area contributed by atoms with Crippen LogP contribution in [0.5, 0.6) is 0 Å². The molecule has 1 atom stereocenters. The van der Waals surface area contributed by atoms with Crippen LogP contribution in [0.15, 0.2) is 47.9 Å². The number of nitrogens with one attached hydrogen (secondary N) is 1. The van der Waals surface area contributed by atoms with E-state index >= 15 is 0 Å². The molecule has 1 saturated heterocycles. The average Bonchev–Trinajstić information content (AvgIpc) is 3.24. The molecular formula is C19H25ClN4O4S. The van der Waals surface area contributed by atoms with Gasteiger partial charge in [0.2, 0.25) is 10.0 Å². The van der Waals surface area contributed by atoms with Crippen LogP contribution < -0.4 is 5.32 Å². The lowest BCUT2D eigenvalue weighted by Gasteiger charge is -2.34. The Labute approximate surface area is 175 Å². The number of amides is 1. The Morgan fingerprint density at radius 1 is 1.28 bits per heavy atom. The Morgan fingerprint density at radius 3 is 2.79 bits per heavy atom. The van der Waals surface area contributed by atoms with E-state index in [4.69, 9.17) is 16.3 Å². The fourth-order valence-electron chi connectivity index (χ4n) is 3.29. The van der Waals surface area contributed by atoms with E-state index in [1.807, 2.05) is 10.8 Å². The van der Waals surface area contributed by atoms with Gasteiger partial charge in [0.1, 0.15) is 6.61 Å². The van der Waals surface area contributed by atoms with E-state index in [0.29, 0.717) is 24.5 Å². The van der Waals surface area contributed by atoms with Crippen molar-refractivity contribution >= 4 is 27.7 Å². The van der Waals surface area contributed by atoms with E-state index in [1.165, 1.54) is 16.4 Å². The van der Waals surface area contributed by atoms with Crippen molar-refractivity contribution in [1.82, 2.24) is 19.2 Å². The number of sulfonamides is 1. The van der Waals surface area contributed by atoms with E-state index in [-0.39, 0.29) is 17.5 Å². The summed E-state index contributed by atoms with van der Waals surface area (Å²) in [6.07, 6.45) is 7.82. The fourth-order valence-corrected chi connectivity index (χ4v) is 5.10. The Bertz CT molecular complexity index is 887. The van der Waals surface area contributed by atoms with Crippen LogP contribution in [0, 0.1) is 0 Å². The maximum atomic E-state index is 13.0. The molecule has 1 aromatic carbocycles. The minimum absolute atomic E-state index is 0.0280. The van der Waals surface area contributed by atoms with Gasteiger partial charge in [-0.3, -0.25) is 0 Å². The van der Waals surface area contributed by atoms with Crippen LogP contribution in [0.3, 0.4) is 0 Å². The lowest BCUT2D eigenvalue weighted by atomic mass is 10.1. The third-order valence-electron chi connectivity index (χ3n) is 4.82. The quantitative estimate of drug-likeness (QED) is 0.637. The van der Waals surface area contributed by atoms with Gasteiger partial charge in [0.25, 0.3) is 0 Å². The third-order valence-corrected chi connectivity index (χ3v) is 7.04. The minimum Gasteiger partial charge on any atom is -0.448 e. The van der Waals surface area contributed by atoms with E-state index < -0.39 is 16.1 Å². The van der Waals surface area contributed by atoms with Gasteiger partial charge in [0, 0.05) is 37.1 Å². The molecule has 3 rings (SSSR count). The van der Waals surface area contributed by atoms with Gasteiger partial charge in [-0.25, -0.2) is 18.2 Å². The van der Waals surface area contributed by atoms with Crippen LogP contribution in [0.1, 0.15) is 25.7 Å². The number of rotatable bonds is 8. The van der Waals surface area contributed by atoms with Crippen molar-refractivity contribution in [1.29, 1.82) is 0 Å². The van der Waals surface area contributed by atoms with Crippen molar-refractivity contribution in [3.8, 4) is 0 Å². The monoisotopic (exact) mass is 440 g/mol. The number of nitrogens with zero attached hydrogens (tertiary/aromatic N) is 3. The SMILES string of the molecule is O=C(NCCCn1ccnc1)OC[C@H]1CCCCN1S(=O)(=O)c1ccc(Cl)cc1. The maximum absolute atomic E-state index is 13.0. The molecule has 1 N–H and O–H groups in total. The smallest absolute Gasteiger partial charge is 0.407 e. The standard InChI is InChI=1S/C19H25ClN4O4S/c20-16-5-7-18(8-6-16)29(26,27)24-12-2-1-4-17(24)14-28-19(25)22-9-3-11-23-13-10-21-15-23/h5-8,10,13,15,17H,1-4,9,11-12,14H2,(H,22,25)/t17-/m1/s1. The first-order valence-corrected chi connectivity index (χ1v) is 11.4. The van der Waals surface area contributed by atoms with Crippen molar-refractivity contribution < 1.29 is 17.9 Å². The number of ether oxygens (including phenoxy) is 1. The Balaban J connectivity index is 1.50. The first-order valence-electron chi connectivity index (χ1n) is 9.60. The van der Waals surface area contributed by atoms with Gasteiger partial charge in [-0.05, 0) is 43.5 Å². The molecule has 1 aromatic heterocycles. The number of imidazole rings is 1. The number of hydrogen-bond acceptors (Lipinski definition) is 5. The van der Waals surface area contributed by atoms with Gasteiger partial charge in [0.05, 0.1) is 17.3 Å². The lowest BCUT2D eigenvalue weighted by molar-refractivity contribution is 0.105. The molecule has 1 amide bonds. The first-order chi connectivity index (χ1) is 14.0. The molecule has 0 spiro atoms. The molecule has 0 saturated carbocycles. The summed E-state index contributed by atoms with van der Waals surface area (Å²) >= 11 is 5.86. The molecule has 29 heavy (non-hydrogen) atoms. The second-order valence-corrected chi connectivity index (χ2v) is 9.23. The van der Waals surface area contributed by atoms with Crippen molar-refractivity contribution in [3.05, 3.63) is 48.0 Å². The van der Waals surface area contributed by atoms with Crippen LogP contribution >= 0.6 is 11.6 Å². The fraction of sp³-hybridized carbons (Fsp3) is 0.474. The molecule has 2 aromatic rings. The summed E-state index contributed by atoms with van der Waals surface area (Å²) in [4.78, 5) is 16.1. The molecule has 1 fully saturated rings. The Hall–Kier alpha value is -2.10. The van der Waals surface area contributed by atoms with Gasteiger partial charge < -0.3 is 14.6 Å². The topological polar surface area (TPSA) is 93.5 Å². The van der Waals surface area contributed by atoms with Crippen molar-refractivity contribution in [2.24, 2.45) is 0 Å². The average molecular weight is 441 g/mol. The number of halogens is 1. The van der Waals surface area contributed by atoms with Gasteiger partial charge in [0.15, 0.2) is 0 Å². The van der Waals surface area contributed by atoms with E-state index in [9.17, 15) is 13.2 Å². The molecule has 10 heteroatoms. The van der Waals surface area contributed by atoms with Crippen LogP contribution in [-0.2, 0) is 21.3 Å². The van der Waals surface area contributed by atoms with Gasteiger partial charge in [-0.2, -0.15) is 4.31 Å². The number of hydrogen-bond donors (Lipinski definition) is 1. The zero-order valence-corrected chi connectivity index (χ0v) is 17.6. The molecule has 1 aliphatic rings. The first kappa shape index (κ1) is 21.6. The van der Waals surface area contributed by atoms with Gasteiger partial charge in [-0.1, -0.05) is 18.0 Å². The second-order valence-electron chi connectivity index (χ2n) is 6.90. The maximum Gasteiger partial charge on any atom is 0.407 e. The highest BCUT2D eigenvalue weighted by Crippen LogP contribution is 2.26. The summed E-state index contributed by atoms with van der Waals surface area (Å²) in [6, 6.07) is 5.73. The molecule has 0 aliphatic carbocycles. The number of carbonyl (C=O) groups is 1. The number of piperidine rings is 1. The predicted octanol–water partition coefficient (Wildman–Crippen LogP) is 2.90. The van der Waals surface area contributed by atoms with Crippen molar-refractivity contribution in [2.75, 3.05) is 19.7 Å². The molecule has 2 heterocycles. The Morgan fingerprint density at radius 2 is 2.07 bits per heavy atom. The second kappa shape index (κ2) is 10.1. The van der Waals surface area contributed by atoms with E-state index in [2.05, 4.69) is 10.3 Å². The van der Waals surface area contributed by atoms with Crippen LogP contribution in [0.2, 0.25) is 5.02 Å². The summed E-state index contributed by atoms with van der Waals surface area (Å²) in [7, 11) is -3.67. The zero-order chi connectivity index (χ0) is 20.7. The minimum atomic E-state index is -3.67. The summed E-state index contributed by atoms with van der Waals surface area (Å²) in [5.74, 6) is 0. The predicted molar refractivity (Wildman–Crippen MR) is 109 cm³/mol. The number of alkyl carbamates (subject to hydrolysis) is 1. The van der Waals surface area contributed by atoms with E-state index in [1.54, 1.807) is 24.7 Å². The van der Waals surface area contributed by atoms with Crippen LogP contribution in [0.4, 0.5) is 4.79 Å². The summed E-state index contributed by atoms with van der Waals surface area (Å²) < 4.78 is 34.7. The summed E-state index contributed by atoms with van der Waals surface area (Å²) in [6.45, 7) is 1.65. The van der Waals surface area contributed by atoms with Gasteiger partial charge in [-0.15, -0.1) is 0 Å². The number of aromatic nitrogens is 2. The summed E-state index contributed by atoms with van der Waals surface area (Å²) in [5.41, 5.74) is 0. The largest absolute Gasteiger partial charge is 0.448 e. The highest BCUT2D eigenvalue weighted by Gasteiger charge is 2.34. The van der Waals surface area contributed by atoms with Crippen molar-refractivity contribution in [2.45, 2.75) is 43.2 Å². The molecule has 0 bridgehead atoms. The summed E-state index contributed by atoms with van der Waals surface area (Å²) in [5, 5.41) is 3.18. The molecular weight excluding hydrogens is 416 g/mol. The van der Waals surface area contributed by atoms with Crippen LogP contribution in [-0.4, -0.2) is 54.1 Å². The highest BCUT2D eigenvalue weighted by atomic mass is 35.5. The third kappa shape index (κ3) is 5.94. The normalized spacial score (nSPS) is 17.8. The molecule has 0 unspecified atom stereocenters. The number of carbonyl (C=O) groups excluding carboxylic acids is 1. The van der Waals surface area contributed by atoms with Crippen LogP contribution in [0.25, 0.3) is 0 Å². The Kier molecular flexibility index (Phi) is 7.51. The molecule has 0 radical (unpaired) electrons. The molecule has 8 nitrogen and oxygen atoms in total. The molecule has 1 aliphatic heterocycles. The number of aryl methyl sites for hydroxylation is 1. The number of benzene rings is 1. The molecule has 158 valence electrons. The highest BCUT2D eigenvalue weighted by molar-refractivity contribution is 7.89.